The molecule has 0 aliphatic carbocycles. The maximum atomic E-state index is 6.22. The van der Waals surface area contributed by atoms with E-state index in [0.29, 0.717) is 12.0 Å². The van der Waals surface area contributed by atoms with Crippen LogP contribution in [0.25, 0.3) is 0 Å². The van der Waals surface area contributed by atoms with Crippen molar-refractivity contribution in [1.29, 1.82) is 0 Å². The summed E-state index contributed by atoms with van der Waals surface area (Å²) >= 11 is 0. The third kappa shape index (κ3) is 3.43. The van der Waals surface area contributed by atoms with Gasteiger partial charge in [-0.15, -0.1) is 0 Å². The predicted octanol–water partition coefficient (Wildman–Crippen LogP) is 1.53. The minimum atomic E-state index is 0.397. The van der Waals surface area contributed by atoms with Crippen LogP contribution in [0, 0.1) is 5.92 Å². The number of rotatable bonds is 2. The minimum absolute atomic E-state index is 0.397. The molecule has 0 aromatic heterocycles. The van der Waals surface area contributed by atoms with Crippen LogP contribution in [0.15, 0.2) is 0 Å². The second-order valence-corrected chi connectivity index (χ2v) is 5.94. The lowest BCUT2D eigenvalue weighted by Crippen LogP contribution is -2.51. The molecule has 3 atom stereocenters. The van der Waals surface area contributed by atoms with E-state index in [9.17, 15) is 0 Å². The van der Waals surface area contributed by atoms with Gasteiger partial charge in [-0.05, 0) is 57.8 Å². The van der Waals surface area contributed by atoms with Gasteiger partial charge in [0.2, 0.25) is 0 Å². The number of nitrogens with two attached hydrogens (primary N) is 1. The van der Waals surface area contributed by atoms with Crippen LogP contribution in [0.4, 0.5) is 0 Å². The summed E-state index contributed by atoms with van der Waals surface area (Å²) < 4.78 is 0. The van der Waals surface area contributed by atoms with Gasteiger partial charge < -0.3 is 10.6 Å². The number of nitrogens with zero attached hydrogens (tertiary/aromatic N) is 2. The molecule has 2 rings (SSSR count). The van der Waals surface area contributed by atoms with Crippen molar-refractivity contribution in [2.45, 2.75) is 51.6 Å². The van der Waals surface area contributed by atoms with Crippen molar-refractivity contribution >= 4 is 0 Å². The van der Waals surface area contributed by atoms with Crippen molar-refractivity contribution in [2.24, 2.45) is 11.7 Å². The van der Waals surface area contributed by atoms with Crippen molar-refractivity contribution < 1.29 is 0 Å². The molecule has 2 heterocycles. The van der Waals surface area contributed by atoms with E-state index in [1.807, 2.05) is 0 Å². The highest BCUT2D eigenvalue weighted by Gasteiger charge is 2.28. The molecule has 2 aliphatic heterocycles. The van der Waals surface area contributed by atoms with E-state index in [1.165, 1.54) is 51.9 Å². The van der Waals surface area contributed by atoms with Crippen molar-refractivity contribution in [3.8, 4) is 0 Å². The molecule has 2 N–H and O–H groups in total. The SMILES string of the molecule is CCN1CCCC(N2CCC(C)C(N)C2)CC1. The molecule has 0 bridgehead atoms. The van der Waals surface area contributed by atoms with Crippen LogP contribution < -0.4 is 5.73 Å². The summed E-state index contributed by atoms with van der Waals surface area (Å²) in [5.74, 6) is 0.712. The van der Waals surface area contributed by atoms with Gasteiger partial charge in [0.15, 0.2) is 0 Å². The van der Waals surface area contributed by atoms with Crippen molar-refractivity contribution in [1.82, 2.24) is 9.80 Å². The quantitative estimate of drug-likeness (QED) is 0.793. The Morgan fingerprint density at radius 3 is 2.65 bits per heavy atom. The first kappa shape index (κ1) is 13.3. The first-order valence-electron chi connectivity index (χ1n) is 7.42. The summed E-state index contributed by atoms with van der Waals surface area (Å²) in [6.45, 7) is 10.8. The van der Waals surface area contributed by atoms with Crippen LogP contribution in [0.5, 0.6) is 0 Å². The average Bonchev–Trinajstić information content (AvgIpc) is 2.58. The van der Waals surface area contributed by atoms with E-state index < -0.39 is 0 Å². The average molecular weight is 239 g/mol. The van der Waals surface area contributed by atoms with Gasteiger partial charge in [0.25, 0.3) is 0 Å². The van der Waals surface area contributed by atoms with Gasteiger partial charge in [-0.25, -0.2) is 0 Å². The number of hydrogen-bond donors (Lipinski definition) is 1. The molecule has 2 aliphatic rings. The van der Waals surface area contributed by atoms with Crippen LogP contribution in [-0.2, 0) is 0 Å². The van der Waals surface area contributed by atoms with Gasteiger partial charge in [0, 0.05) is 18.6 Å². The van der Waals surface area contributed by atoms with Crippen LogP contribution in [0.1, 0.15) is 39.5 Å². The Bertz CT molecular complexity index is 232. The maximum absolute atomic E-state index is 6.22. The first-order valence-corrected chi connectivity index (χ1v) is 7.42. The minimum Gasteiger partial charge on any atom is -0.326 e. The van der Waals surface area contributed by atoms with E-state index in [-0.39, 0.29) is 0 Å². The summed E-state index contributed by atoms with van der Waals surface area (Å²) in [6.07, 6.45) is 5.36. The van der Waals surface area contributed by atoms with E-state index >= 15 is 0 Å². The fourth-order valence-electron chi connectivity index (χ4n) is 3.28. The van der Waals surface area contributed by atoms with Crippen molar-refractivity contribution in [3.05, 3.63) is 0 Å². The largest absolute Gasteiger partial charge is 0.326 e. The number of likely N-dealkylation sites (tertiary alicyclic amines) is 2. The van der Waals surface area contributed by atoms with Crippen LogP contribution in [0.2, 0.25) is 0 Å². The molecule has 2 fully saturated rings. The molecular weight excluding hydrogens is 210 g/mol. The Hall–Kier alpha value is -0.120. The normalized spacial score (nSPS) is 37.9. The molecule has 0 spiro atoms. The third-order valence-corrected chi connectivity index (χ3v) is 4.80. The van der Waals surface area contributed by atoms with Crippen molar-refractivity contribution in [2.75, 3.05) is 32.7 Å². The number of hydrogen-bond acceptors (Lipinski definition) is 3. The molecule has 0 aromatic carbocycles. The molecule has 3 heteroatoms. The zero-order valence-corrected chi connectivity index (χ0v) is 11.6. The van der Waals surface area contributed by atoms with Gasteiger partial charge in [0.05, 0.1) is 0 Å². The van der Waals surface area contributed by atoms with Crippen LogP contribution >= 0.6 is 0 Å². The monoisotopic (exact) mass is 239 g/mol. The fourth-order valence-corrected chi connectivity index (χ4v) is 3.28. The molecule has 0 amide bonds. The molecule has 100 valence electrons. The second-order valence-electron chi connectivity index (χ2n) is 5.94. The highest BCUT2D eigenvalue weighted by molar-refractivity contribution is 4.86. The first-order chi connectivity index (χ1) is 8.20. The van der Waals surface area contributed by atoms with E-state index in [2.05, 4.69) is 23.6 Å². The van der Waals surface area contributed by atoms with E-state index in [1.54, 1.807) is 0 Å². The van der Waals surface area contributed by atoms with Crippen LogP contribution in [-0.4, -0.2) is 54.6 Å². The molecule has 0 aromatic rings. The van der Waals surface area contributed by atoms with E-state index in [4.69, 9.17) is 5.73 Å². The van der Waals surface area contributed by atoms with Gasteiger partial charge in [-0.3, -0.25) is 4.90 Å². The standard InChI is InChI=1S/C14H29N3/c1-3-16-8-4-5-13(7-9-16)17-10-6-12(2)14(15)11-17/h12-14H,3-11,15H2,1-2H3. The Balaban J connectivity index is 1.85. The van der Waals surface area contributed by atoms with Gasteiger partial charge in [-0.1, -0.05) is 13.8 Å². The summed E-state index contributed by atoms with van der Waals surface area (Å²) in [5, 5.41) is 0. The maximum Gasteiger partial charge on any atom is 0.0194 e. The van der Waals surface area contributed by atoms with Gasteiger partial charge >= 0.3 is 0 Å². The molecule has 17 heavy (non-hydrogen) atoms. The lowest BCUT2D eigenvalue weighted by Gasteiger charge is -2.39. The molecule has 0 radical (unpaired) electrons. The highest BCUT2D eigenvalue weighted by Crippen LogP contribution is 2.23. The summed E-state index contributed by atoms with van der Waals surface area (Å²) in [5.41, 5.74) is 6.22. The zero-order valence-electron chi connectivity index (χ0n) is 11.6. The zero-order chi connectivity index (χ0) is 12.3. The van der Waals surface area contributed by atoms with Gasteiger partial charge in [0.1, 0.15) is 0 Å². The Morgan fingerprint density at radius 1 is 1.12 bits per heavy atom. The summed E-state index contributed by atoms with van der Waals surface area (Å²) in [6, 6.07) is 1.19. The van der Waals surface area contributed by atoms with E-state index in [0.717, 1.165) is 12.6 Å². The lowest BCUT2D eigenvalue weighted by atomic mass is 9.92. The summed E-state index contributed by atoms with van der Waals surface area (Å²) in [4.78, 5) is 5.26. The third-order valence-electron chi connectivity index (χ3n) is 4.80. The Kier molecular flexibility index (Phi) is 4.83. The Labute approximate surface area is 106 Å². The summed E-state index contributed by atoms with van der Waals surface area (Å²) in [7, 11) is 0. The van der Waals surface area contributed by atoms with Crippen molar-refractivity contribution in [3.63, 3.8) is 0 Å². The van der Waals surface area contributed by atoms with Gasteiger partial charge in [-0.2, -0.15) is 0 Å². The lowest BCUT2D eigenvalue weighted by molar-refractivity contribution is 0.110. The second kappa shape index (κ2) is 6.17. The molecular formula is C14H29N3. The molecule has 2 saturated heterocycles. The molecule has 3 unspecified atom stereocenters. The number of piperidine rings is 1. The Morgan fingerprint density at radius 2 is 1.94 bits per heavy atom. The molecule has 0 saturated carbocycles. The highest BCUT2D eigenvalue weighted by atomic mass is 15.2. The topological polar surface area (TPSA) is 32.5 Å². The fraction of sp³-hybridized carbons (Fsp3) is 1.00. The smallest absolute Gasteiger partial charge is 0.0194 e. The predicted molar refractivity (Wildman–Crippen MR) is 73.1 cm³/mol. The molecule has 3 nitrogen and oxygen atoms in total. The van der Waals surface area contributed by atoms with Crippen LogP contribution in [0.3, 0.4) is 0 Å².